The minimum absolute atomic E-state index is 0.0825. The van der Waals surface area contributed by atoms with Crippen LogP contribution in [0.2, 0.25) is 0 Å². The fourth-order valence-electron chi connectivity index (χ4n) is 2.78. The first-order valence-corrected chi connectivity index (χ1v) is 5.66. The van der Waals surface area contributed by atoms with Gasteiger partial charge in [-0.25, -0.2) is 19.3 Å². The molecule has 7 heteroatoms. The summed E-state index contributed by atoms with van der Waals surface area (Å²) in [5, 5.41) is 18.4. The number of aliphatic carboxylic acids is 1. The highest BCUT2D eigenvalue weighted by Crippen LogP contribution is 2.43. The van der Waals surface area contributed by atoms with Crippen LogP contribution in [-0.2, 0) is 4.79 Å². The minimum Gasteiger partial charge on any atom is -0.479 e. The van der Waals surface area contributed by atoms with Crippen molar-refractivity contribution in [3.8, 4) is 0 Å². The highest BCUT2D eigenvalue weighted by molar-refractivity contribution is 5.96. The fourth-order valence-corrected chi connectivity index (χ4v) is 2.78. The Morgan fingerprint density at radius 2 is 1.79 bits per heavy atom. The monoisotopic (exact) mass is 262 g/mol. The summed E-state index contributed by atoms with van der Waals surface area (Å²) < 4.78 is 0. The van der Waals surface area contributed by atoms with Crippen LogP contribution in [-0.4, -0.2) is 44.7 Å². The van der Waals surface area contributed by atoms with E-state index in [2.05, 4.69) is 0 Å². The summed E-state index contributed by atoms with van der Waals surface area (Å²) in [6.45, 7) is 0.0825. The highest BCUT2D eigenvalue weighted by atomic mass is 16.4. The summed E-state index contributed by atoms with van der Waals surface area (Å²) in [5.74, 6) is -1.16. The largest absolute Gasteiger partial charge is 0.479 e. The molecule has 2 atom stereocenters. The lowest BCUT2D eigenvalue weighted by atomic mass is 9.91. The minimum atomic E-state index is -1.36. The number of carboxylic acid groups (broad SMARTS) is 2. The van der Waals surface area contributed by atoms with Gasteiger partial charge in [-0.2, -0.15) is 0 Å². The van der Waals surface area contributed by atoms with Gasteiger partial charge in [0.1, 0.15) is 0 Å². The van der Waals surface area contributed by atoms with E-state index in [0.29, 0.717) is 16.0 Å². The van der Waals surface area contributed by atoms with Crippen LogP contribution < -0.4 is 0 Å². The SMILES string of the molecule is O=C(O)C1c2ccccc2C2CN1C(=O)N2C(=O)O. The fraction of sp³-hybridized carbons (Fsp3) is 0.250. The number of benzene rings is 1. The molecule has 98 valence electrons. The van der Waals surface area contributed by atoms with Crippen LogP contribution in [0.5, 0.6) is 0 Å². The van der Waals surface area contributed by atoms with Gasteiger partial charge >= 0.3 is 18.1 Å². The molecule has 3 amide bonds. The number of nitrogens with zero attached hydrogens (tertiary/aromatic N) is 2. The van der Waals surface area contributed by atoms with Crippen molar-refractivity contribution in [3.63, 3.8) is 0 Å². The summed E-state index contributed by atoms with van der Waals surface area (Å²) >= 11 is 0. The number of rotatable bonds is 1. The Morgan fingerprint density at radius 3 is 2.37 bits per heavy atom. The molecule has 0 saturated carbocycles. The molecule has 0 spiro atoms. The van der Waals surface area contributed by atoms with Crippen molar-refractivity contribution < 1.29 is 24.6 Å². The molecule has 3 rings (SSSR count). The van der Waals surface area contributed by atoms with Crippen molar-refractivity contribution in [2.45, 2.75) is 12.1 Å². The molecular weight excluding hydrogens is 252 g/mol. The van der Waals surface area contributed by atoms with Crippen LogP contribution in [0.25, 0.3) is 0 Å². The van der Waals surface area contributed by atoms with Gasteiger partial charge in [-0.05, 0) is 11.1 Å². The molecule has 2 unspecified atom stereocenters. The van der Waals surface area contributed by atoms with Crippen molar-refractivity contribution in [1.29, 1.82) is 0 Å². The van der Waals surface area contributed by atoms with Crippen molar-refractivity contribution >= 4 is 18.1 Å². The van der Waals surface area contributed by atoms with Gasteiger partial charge in [0.2, 0.25) is 0 Å². The first-order valence-electron chi connectivity index (χ1n) is 5.66. The second-order valence-electron chi connectivity index (χ2n) is 4.47. The third kappa shape index (κ3) is 1.41. The summed E-state index contributed by atoms with van der Waals surface area (Å²) in [4.78, 5) is 36.3. The second kappa shape index (κ2) is 3.71. The first kappa shape index (κ1) is 11.5. The second-order valence-corrected chi connectivity index (χ2v) is 4.47. The first-order chi connectivity index (χ1) is 9.02. The molecule has 1 aromatic rings. The average Bonchev–Trinajstić information content (AvgIpc) is 2.64. The maximum atomic E-state index is 12.0. The number of urea groups is 1. The van der Waals surface area contributed by atoms with Gasteiger partial charge in [-0.1, -0.05) is 24.3 Å². The lowest BCUT2D eigenvalue weighted by Crippen LogP contribution is -2.39. The summed E-state index contributed by atoms with van der Waals surface area (Å²) in [7, 11) is 0. The third-order valence-electron chi connectivity index (χ3n) is 3.53. The Morgan fingerprint density at radius 1 is 1.16 bits per heavy atom. The molecule has 0 aliphatic carbocycles. The Hall–Kier alpha value is -2.57. The predicted octanol–water partition coefficient (Wildman–Crippen LogP) is 1.28. The third-order valence-corrected chi connectivity index (χ3v) is 3.53. The van der Waals surface area contributed by atoms with Gasteiger partial charge in [0.05, 0.1) is 6.04 Å². The van der Waals surface area contributed by atoms with E-state index in [-0.39, 0.29) is 6.54 Å². The normalized spacial score (nSPS) is 24.3. The van der Waals surface area contributed by atoms with E-state index in [9.17, 15) is 19.5 Å². The number of carboxylic acids is 1. The number of carbonyl (C=O) groups excluding carboxylic acids is 1. The number of imide groups is 1. The van der Waals surface area contributed by atoms with Crippen LogP contribution >= 0.6 is 0 Å². The lowest BCUT2D eigenvalue weighted by molar-refractivity contribution is -0.142. The topological polar surface area (TPSA) is 98.2 Å². The summed E-state index contributed by atoms with van der Waals surface area (Å²) in [6.07, 6.45) is -1.36. The molecule has 0 radical (unpaired) electrons. The Kier molecular flexibility index (Phi) is 2.25. The summed E-state index contributed by atoms with van der Waals surface area (Å²) in [6, 6.07) is 4.14. The van der Waals surface area contributed by atoms with E-state index < -0.39 is 30.2 Å². The quantitative estimate of drug-likeness (QED) is 0.794. The van der Waals surface area contributed by atoms with Crippen molar-refractivity contribution in [3.05, 3.63) is 35.4 Å². The van der Waals surface area contributed by atoms with E-state index in [1.807, 2.05) is 0 Å². The molecular formula is C12H10N2O5. The summed E-state index contributed by atoms with van der Waals surface area (Å²) in [5.41, 5.74) is 1.06. The van der Waals surface area contributed by atoms with Gasteiger partial charge in [-0.3, -0.25) is 0 Å². The highest BCUT2D eigenvalue weighted by Gasteiger charge is 2.52. The Labute approximate surface area is 107 Å². The van der Waals surface area contributed by atoms with Crippen LogP contribution in [0.1, 0.15) is 23.2 Å². The number of carbonyl (C=O) groups is 3. The number of hydrogen-bond acceptors (Lipinski definition) is 3. The molecule has 7 nitrogen and oxygen atoms in total. The molecule has 2 heterocycles. The van der Waals surface area contributed by atoms with Crippen molar-refractivity contribution in [2.75, 3.05) is 6.54 Å². The molecule has 1 fully saturated rings. The predicted molar refractivity (Wildman–Crippen MR) is 61.5 cm³/mol. The van der Waals surface area contributed by atoms with Gasteiger partial charge < -0.3 is 15.1 Å². The smallest absolute Gasteiger partial charge is 0.416 e. The number of amides is 3. The van der Waals surface area contributed by atoms with Gasteiger partial charge in [-0.15, -0.1) is 0 Å². The van der Waals surface area contributed by atoms with Crippen LogP contribution in [0.15, 0.2) is 24.3 Å². The number of fused-ring (bicyclic) bond motifs is 4. The molecule has 1 saturated heterocycles. The van der Waals surface area contributed by atoms with E-state index in [0.717, 1.165) is 4.90 Å². The van der Waals surface area contributed by atoms with Crippen LogP contribution in [0.4, 0.5) is 9.59 Å². The van der Waals surface area contributed by atoms with Gasteiger partial charge in [0.15, 0.2) is 6.04 Å². The molecule has 19 heavy (non-hydrogen) atoms. The van der Waals surface area contributed by atoms with Gasteiger partial charge in [0, 0.05) is 6.54 Å². The number of hydrogen-bond donors (Lipinski definition) is 2. The molecule has 2 N–H and O–H groups in total. The molecule has 2 bridgehead atoms. The maximum absolute atomic E-state index is 12.0. The Balaban J connectivity index is 2.20. The maximum Gasteiger partial charge on any atom is 0.416 e. The van der Waals surface area contributed by atoms with E-state index >= 15 is 0 Å². The molecule has 2 aliphatic heterocycles. The van der Waals surface area contributed by atoms with Gasteiger partial charge in [0.25, 0.3) is 0 Å². The van der Waals surface area contributed by atoms with Crippen LogP contribution in [0.3, 0.4) is 0 Å². The van der Waals surface area contributed by atoms with Crippen molar-refractivity contribution in [1.82, 2.24) is 9.80 Å². The zero-order valence-corrected chi connectivity index (χ0v) is 9.68. The van der Waals surface area contributed by atoms with Crippen LogP contribution in [0, 0.1) is 0 Å². The molecule has 1 aromatic carbocycles. The molecule has 2 aliphatic rings. The zero-order valence-electron chi connectivity index (χ0n) is 9.68. The van der Waals surface area contributed by atoms with Crippen molar-refractivity contribution in [2.24, 2.45) is 0 Å². The molecule has 0 aromatic heterocycles. The average molecular weight is 262 g/mol. The van der Waals surface area contributed by atoms with E-state index in [4.69, 9.17) is 5.11 Å². The lowest BCUT2D eigenvalue weighted by Gasteiger charge is -2.29. The Bertz CT molecular complexity index is 600. The van der Waals surface area contributed by atoms with E-state index in [1.165, 1.54) is 0 Å². The van der Waals surface area contributed by atoms with E-state index in [1.54, 1.807) is 24.3 Å². The standard InChI is InChI=1S/C12H10N2O5/c15-10(16)9-7-4-2-1-3-6(7)8-5-13(9)11(17)14(8)12(18)19/h1-4,8-9H,5H2,(H,15,16)(H,18,19). The zero-order chi connectivity index (χ0) is 13.7.